The van der Waals surface area contributed by atoms with Crippen LogP contribution in [0.1, 0.15) is 34.8 Å². The van der Waals surface area contributed by atoms with Gasteiger partial charge in [0.2, 0.25) is 5.91 Å². The Balaban J connectivity index is 1.57. The first-order valence-corrected chi connectivity index (χ1v) is 8.92. The molecule has 2 aliphatic heterocycles. The molecule has 1 N–H and O–H groups in total. The predicted molar refractivity (Wildman–Crippen MR) is 87.1 cm³/mol. The maximum atomic E-state index is 12.5. The van der Waals surface area contributed by atoms with Crippen LogP contribution in [0.4, 0.5) is 0 Å². The Kier molecular flexibility index (Phi) is 4.52. The Morgan fingerprint density at radius 1 is 1.32 bits per heavy atom. The van der Waals surface area contributed by atoms with Gasteiger partial charge in [-0.3, -0.25) is 4.79 Å². The van der Waals surface area contributed by atoms with Gasteiger partial charge in [0.1, 0.15) is 0 Å². The van der Waals surface area contributed by atoms with Crippen LogP contribution in [0, 0.1) is 13.8 Å². The van der Waals surface area contributed by atoms with Gasteiger partial charge in [0, 0.05) is 18.0 Å². The molecule has 0 spiro atoms. The molecule has 0 bridgehead atoms. The summed E-state index contributed by atoms with van der Waals surface area (Å²) >= 11 is 1.60. The number of aryl methyl sites for hydroxylation is 2. The van der Waals surface area contributed by atoms with E-state index in [1.807, 2.05) is 18.7 Å². The van der Waals surface area contributed by atoms with E-state index in [0.29, 0.717) is 32.5 Å². The SMILES string of the molecule is Cc1nc(C)c(CC(=O)N2CC[C@@](O)(CN3CCCC3)C2)s1. The lowest BCUT2D eigenvalue weighted by Gasteiger charge is -2.28. The maximum Gasteiger partial charge on any atom is 0.227 e. The number of carbonyl (C=O) groups excluding carboxylic acids is 1. The zero-order chi connectivity index (χ0) is 15.7. The van der Waals surface area contributed by atoms with Crippen molar-refractivity contribution in [2.75, 3.05) is 32.7 Å². The lowest BCUT2D eigenvalue weighted by atomic mass is 10.0. The number of nitrogens with zero attached hydrogens (tertiary/aromatic N) is 3. The minimum atomic E-state index is -0.724. The van der Waals surface area contributed by atoms with Crippen LogP contribution < -0.4 is 0 Å². The van der Waals surface area contributed by atoms with Crippen LogP contribution in [-0.2, 0) is 11.2 Å². The second-order valence-corrected chi connectivity index (χ2v) is 7.98. The number of aliphatic hydroxyl groups is 1. The quantitative estimate of drug-likeness (QED) is 0.909. The summed E-state index contributed by atoms with van der Waals surface area (Å²) in [6, 6.07) is 0. The van der Waals surface area contributed by atoms with Crippen molar-refractivity contribution < 1.29 is 9.90 Å². The number of amides is 1. The molecular formula is C16H25N3O2S. The summed E-state index contributed by atoms with van der Waals surface area (Å²) in [6.07, 6.45) is 3.55. The van der Waals surface area contributed by atoms with E-state index < -0.39 is 5.60 Å². The van der Waals surface area contributed by atoms with Crippen molar-refractivity contribution in [2.24, 2.45) is 0 Å². The highest BCUT2D eigenvalue weighted by Crippen LogP contribution is 2.26. The molecule has 0 unspecified atom stereocenters. The van der Waals surface area contributed by atoms with Gasteiger partial charge >= 0.3 is 0 Å². The third-order valence-corrected chi connectivity index (χ3v) is 5.79. The highest BCUT2D eigenvalue weighted by atomic mass is 32.1. The van der Waals surface area contributed by atoms with E-state index in [-0.39, 0.29) is 5.91 Å². The number of carbonyl (C=O) groups is 1. The third kappa shape index (κ3) is 3.50. The number of aromatic nitrogens is 1. The van der Waals surface area contributed by atoms with Crippen molar-refractivity contribution in [3.8, 4) is 0 Å². The van der Waals surface area contributed by atoms with E-state index in [1.54, 1.807) is 11.3 Å². The summed E-state index contributed by atoms with van der Waals surface area (Å²) < 4.78 is 0. The van der Waals surface area contributed by atoms with Crippen molar-refractivity contribution >= 4 is 17.2 Å². The van der Waals surface area contributed by atoms with Crippen molar-refractivity contribution in [1.82, 2.24) is 14.8 Å². The van der Waals surface area contributed by atoms with Crippen LogP contribution in [0.5, 0.6) is 0 Å². The first-order valence-electron chi connectivity index (χ1n) is 8.11. The Labute approximate surface area is 135 Å². The first-order chi connectivity index (χ1) is 10.5. The van der Waals surface area contributed by atoms with Gasteiger partial charge in [-0.15, -0.1) is 11.3 Å². The topological polar surface area (TPSA) is 56.7 Å². The van der Waals surface area contributed by atoms with E-state index >= 15 is 0 Å². The van der Waals surface area contributed by atoms with Gasteiger partial charge in [-0.1, -0.05) is 0 Å². The Hall–Kier alpha value is -0.980. The molecule has 6 heteroatoms. The fourth-order valence-electron chi connectivity index (χ4n) is 3.54. The molecule has 1 amide bonds. The minimum Gasteiger partial charge on any atom is -0.387 e. The fourth-order valence-corrected chi connectivity index (χ4v) is 4.47. The number of likely N-dealkylation sites (tertiary alicyclic amines) is 2. The molecule has 0 aliphatic carbocycles. The number of rotatable bonds is 4. The van der Waals surface area contributed by atoms with E-state index in [4.69, 9.17) is 0 Å². The number of thiazole rings is 1. The van der Waals surface area contributed by atoms with Crippen molar-refractivity contribution in [3.05, 3.63) is 15.6 Å². The summed E-state index contributed by atoms with van der Waals surface area (Å²) in [5.41, 5.74) is 0.237. The molecule has 2 fully saturated rings. The van der Waals surface area contributed by atoms with Gasteiger partial charge in [0.25, 0.3) is 0 Å². The van der Waals surface area contributed by atoms with E-state index in [1.165, 1.54) is 12.8 Å². The summed E-state index contributed by atoms with van der Waals surface area (Å²) in [6.45, 7) is 7.93. The van der Waals surface area contributed by atoms with Crippen molar-refractivity contribution in [1.29, 1.82) is 0 Å². The van der Waals surface area contributed by atoms with Gasteiger partial charge in [-0.25, -0.2) is 4.98 Å². The molecule has 1 aromatic rings. The molecule has 2 aliphatic rings. The lowest BCUT2D eigenvalue weighted by Crippen LogP contribution is -2.45. The zero-order valence-corrected chi connectivity index (χ0v) is 14.3. The van der Waals surface area contributed by atoms with Gasteiger partial charge in [-0.05, 0) is 46.2 Å². The summed E-state index contributed by atoms with van der Waals surface area (Å²) in [4.78, 5) is 22.1. The van der Waals surface area contributed by atoms with Gasteiger partial charge in [0.05, 0.1) is 29.3 Å². The number of hydrogen-bond donors (Lipinski definition) is 1. The molecule has 22 heavy (non-hydrogen) atoms. The van der Waals surface area contributed by atoms with Gasteiger partial charge in [0.15, 0.2) is 0 Å². The molecule has 1 atom stereocenters. The molecule has 122 valence electrons. The Bertz CT molecular complexity index is 554. The van der Waals surface area contributed by atoms with Crippen molar-refractivity contribution in [3.63, 3.8) is 0 Å². The molecule has 0 radical (unpaired) electrons. The highest BCUT2D eigenvalue weighted by molar-refractivity contribution is 7.11. The lowest BCUT2D eigenvalue weighted by molar-refractivity contribution is -0.130. The standard InChI is InChI=1S/C16H25N3O2S/c1-12-14(22-13(2)17-12)9-15(20)19-8-5-16(21,11-19)10-18-6-3-4-7-18/h21H,3-11H2,1-2H3/t16-/m1/s1. The van der Waals surface area contributed by atoms with Crippen LogP contribution in [-0.4, -0.2) is 64.1 Å². The van der Waals surface area contributed by atoms with E-state index in [0.717, 1.165) is 28.7 Å². The molecule has 0 saturated carbocycles. The van der Waals surface area contributed by atoms with Crippen LogP contribution in [0.25, 0.3) is 0 Å². The van der Waals surface area contributed by atoms with Crippen LogP contribution in [0.2, 0.25) is 0 Å². The van der Waals surface area contributed by atoms with E-state index in [9.17, 15) is 9.90 Å². The third-order valence-electron chi connectivity index (χ3n) is 4.71. The number of hydrogen-bond acceptors (Lipinski definition) is 5. The van der Waals surface area contributed by atoms with Crippen LogP contribution in [0.3, 0.4) is 0 Å². The second kappa shape index (κ2) is 6.26. The smallest absolute Gasteiger partial charge is 0.227 e. The Morgan fingerprint density at radius 2 is 2.05 bits per heavy atom. The monoisotopic (exact) mass is 323 g/mol. The molecule has 0 aromatic carbocycles. The summed E-state index contributed by atoms with van der Waals surface area (Å²) in [5, 5.41) is 11.8. The Morgan fingerprint density at radius 3 is 2.68 bits per heavy atom. The molecule has 3 rings (SSSR count). The summed E-state index contributed by atoms with van der Waals surface area (Å²) in [7, 11) is 0. The second-order valence-electron chi connectivity index (χ2n) is 6.69. The number of β-amino-alcohol motifs (C(OH)–C–C–N with tert-alkyl or cyclic N) is 1. The highest BCUT2D eigenvalue weighted by Gasteiger charge is 2.39. The fraction of sp³-hybridized carbons (Fsp3) is 0.750. The predicted octanol–water partition coefficient (Wildman–Crippen LogP) is 1.36. The van der Waals surface area contributed by atoms with Gasteiger partial charge < -0.3 is 14.9 Å². The molecular weight excluding hydrogens is 298 g/mol. The van der Waals surface area contributed by atoms with Crippen LogP contribution >= 0.6 is 11.3 Å². The maximum absolute atomic E-state index is 12.5. The largest absolute Gasteiger partial charge is 0.387 e. The first kappa shape index (κ1) is 15.9. The zero-order valence-electron chi connectivity index (χ0n) is 13.5. The molecule has 5 nitrogen and oxygen atoms in total. The minimum absolute atomic E-state index is 0.115. The molecule has 2 saturated heterocycles. The molecule has 1 aromatic heterocycles. The van der Waals surface area contributed by atoms with Gasteiger partial charge in [-0.2, -0.15) is 0 Å². The van der Waals surface area contributed by atoms with E-state index in [2.05, 4.69) is 9.88 Å². The average Bonchev–Trinajstić information content (AvgIpc) is 3.13. The van der Waals surface area contributed by atoms with Crippen LogP contribution in [0.15, 0.2) is 0 Å². The van der Waals surface area contributed by atoms with Crippen molar-refractivity contribution in [2.45, 2.75) is 45.1 Å². The molecule has 3 heterocycles. The summed E-state index contributed by atoms with van der Waals surface area (Å²) in [5.74, 6) is 0.115. The normalized spacial score (nSPS) is 26.0. The average molecular weight is 323 g/mol.